The highest BCUT2D eigenvalue weighted by molar-refractivity contribution is 7.94. The molecule has 0 aliphatic carbocycles. The van der Waals surface area contributed by atoms with Crippen LogP contribution in [0, 0.1) is 0 Å². The standard InChI is InChI=1S/C13H13NO4S2/c1-2-9-5-3-4-6-11(9)14-20(17,18)12-7-10(8-19-12)13(15)16/h3-8,14H,2H2,1H3,(H,15,16). The van der Waals surface area contributed by atoms with E-state index >= 15 is 0 Å². The molecule has 0 saturated carbocycles. The molecule has 5 nitrogen and oxygen atoms in total. The normalized spacial score (nSPS) is 11.2. The van der Waals surface area contributed by atoms with Crippen LogP contribution in [0.5, 0.6) is 0 Å². The average Bonchev–Trinajstić information content (AvgIpc) is 2.89. The number of nitrogens with one attached hydrogen (secondary N) is 1. The SMILES string of the molecule is CCc1ccccc1NS(=O)(=O)c1cc(C(=O)O)cs1. The van der Waals surface area contributed by atoms with Crippen molar-refractivity contribution in [1.29, 1.82) is 0 Å². The summed E-state index contributed by atoms with van der Waals surface area (Å²) in [5.74, 6) is -1.14. The Kier molecular flexibility index (Phi) is 4.10. The smallest absolute Gasteiger partial charge is 0.336 e. The predicted molar refractivity (Wildman–Crippen MR) is 77.9 cm³/mol. The second-order valence-electron chi connectivity index (χ2n) is 4.08. The Labute approximate surface area is 120 Å². The minimum Gasteiger partial charge on any atom is -0.478 e. The molecule has 0 amide bonds. The molecule has 0 saturated heterocycles. The van der Waals surface area contributed by atoms with E-state index < -0.39 is 16.0 Å². The van der Waals surface area contributed by atoms with Gasteiger partial charge in [-0.1, -0.05) is 25.1 Å². The third-order valence-corrected chi connectivity index (χ3v) is 5.53. The summed E-state index contributed by atoms with van der Waals surface area (Å²) < 4.78 is 26.9. The lowest BCUT2D eigenvalue weighted by molar-refractivity contribution is 0.0697. The minimum absolute atomic E-state index is 0.0131. The molecule has 7 heteroatoms. The van der Waals surface area contributed by atoms with Crippen LogP contribution in [-0.2, 0) is 16.4 Å². The van der Waals surface area contributed by atoms with Crippen molar-refractivity contribution >= 4 is 33.0 Å². The van der Waals surface area contributed by atoms with Crippen LogP contribution in [-0.4, -0.2) is 19.5 Å². The molecule has 1 aromatic carbocycles. The van der Waals surface area contributed by atoms with Crippen LogP contribution in [0.1, 0.15) is 22.8 Å². The average molecular weight is 311 g/mol. The maximum absolute atomic E-state index is 12.2. The van der Waals surface area contributed by atoms with Crippen LogP contribution >= 0.6 is 11.3 Å². The number of thiophene rings is 1. The van der Waals surface area contributed by atoms with Gasteiger partial charge in [0.15, 0.2) is 0 Å². The summed E-state index contributed by atoms with van der Waals surface area (Å²) >= 11 is 0.886. The van der Waals surface area contributed by atoms with E-state index in [0.29, 0.717) is 12.1 Å². The highest BCUT2D eigenvalue weighted by Gasteiger charge is 2.19. The molecule has 0 spiro atoms. The zero-order valence-corrected chi connectivity index (χ0v) is 12.3. The largest absolute Gasteiger partial charge is 0.478 e. The number of para-hydroxylation sites is 1. The van der Waals surface area contributed by atoms with Crippen molar-refractivity contribution in [3.05, 3.63) is 46.8 Å². The topological polar surface area (TPSA) is 83.5 Å². The lowest BCUT2D eigenvalue weighted by atomic mass is 10.1. The minimum atomic E-state index is -3.75. The number of carboxylic acids is 1. The van der Waals surface area contributed by atoms with Crippen molar-refractivity contribution in [1.82, 2.24) is 0 Å². The number of aromatic carboxylic acids is 1. The van der Waals surface area contributed by atoms with E-state index in [1.807, 2.05) is 19.1 Å². The third-order valence-electron chi connectivity index (χ3n) is 2.73. The molecule has 2 aromatic rings. The number of anilines is 1. The quantitative estimate of drug-likeness (QED) is 0.889. The fourth-order valence-corrected chi connectivity index (χ4v) is 3.95. The number of carboxylic acid groups (broad SMARTS) is 1. The molecule has 0 aliphatic rings. The lowest BCUT2D eigenvalue weighted by Crippen LogP contribution is -2.13. The number of benzene rings is 1. The molecule has 0 radical (unpaired) electrons. The van der Waals surface area contributed by atoms with Crippen LogP contribution in [0.25, 0.3) is 0 Å². The first-order valence-corrected chi connectivity index (χ1v) is 8.23. The van der Waals surface area contributed by atoms with E-state index in [2.05, 4.69) is 4.72 Å². The van der Waals surface area contributed by atoms with Crippen LogP contribution in [0.2, 0.25) is 0 Å². The zero-order chi connectivity index (χ0) is 14.8. The van der Waals surface area contributed by atoms with E-state index in [1.165, 1.54) is 5.38 Å². The molecule has 1 aromatic heterocycles. The Bertz CT molecular complexity index is 734. The molecule has 106 valence electrons. The molecule has 0 atom stereocenters. The Morgan fingerprint density at radius 1 is 1.35 bits per heavy atom. The predicted octanol–water partition coefficient (Wildman–Crippen LogP) is 2.81. The van der Waals surface area contributed by atoms with Gasteiger partial charge in [0, 0.05) is 5.38 Å². The van der Waals surface area contributed by atoms with Gasteiger partial charge in [-0.2, -0.15) is 0 Å². The van der Waals surface area contributed by atoms with Gasteiger partial charge >= 0.3 is 5.97 Å². The summed E-state index contributed by atoms with van der Waals surface area (Å²) in [6.07, 6.45) is 0.698. The van der Waals surface area contributed by atoms with Gasteiger partial charge in [-0.3, -0.25) is 4.72 Å². The van der Waals surface area contributed by atoms with E-state index in [4.69, 9.17) is 5.11 Å². The first-order valence-electron chi connectivity index (χ1n) is 5.86. The van der Waals surface area contributed by atoms with Crippen molar-refractivity contribution < 1.29 is 18.3 Å². The molecular weight excluding hydrogens is 298 g/mol. The number of carbonyl (C=O) groups is 1. The van der Waals surface area contributed by atoms with Crippen LogP contribution in [0.15, 0.2) is 39.9 Å². The van der Waals surface area contributed by atoms with E-state index in [-0.39, 0.29) is 9.77 Å². The Morgan fingerprint density at radius 2 is 2.05 bits per heavy atom. The first kappa shape index (κ1) is 14.5. The third kappa shape index (κ3) is 3.00. The summed E-state index contributed by atoms with van der Waals surface area (Å²) in [6.45, 7) is 1.93. The van der Waals surface area contributed by atoms with Crippen molar-refractivity contribution in [3.63, 3.8) is 0 Å². The highest BCUT2D eigenvalue weighted by atomic mass is 32.2. The lowest BCUT2D eigenvalue weighted by Gasteiger charge is -2.10. The van der Waals surface area contributed by atoms with Gasteiger partial charge in [0.2, 0.25) is 0 Å². The van der Waals surface area contributed by atoms with Gasteiger partial charge in [0.25, 0.3) is 10.0 Å². The summed E-state index contributed by atoms with van der Waals surface area (Å²) in [4.78, 5) is 10.8. The highest BCUT2D eigenvalue weighted by Crippen LogP contribution is 2.25. The summed E-state index contributed by atoms with van der Waals surface area (Å²) in [7, 11) is -3.75. The number of rotatable bonds is 5. The monoisotopic (exact) mass is 311 g/mol. The van der Waals surface area contributed by atoms with Gasteiger partial charge in [-0.25, -0.2) is 13.2 Å². The molecule has 1 heterocycles. The Balaban J connectivity index is 2.33. The van der Waals surface area contributed by atoms with Crippen molar-refractivity contribution in [2.75, 3.05) is 4.72 Å². The second kappa shape index (κ2) is 5.64. The van der Waals surface area contributed by atoms with Gasteiger partial charge < -0.3 is 5.11 Å². The summed E-state index contributed by atoms with van der Waals surface area (Å²) in [5.41, 5.74) is 1.37. The van der Waals surface area contributed by atoms with E-state index in [0.717, 1.165) is 23.0 Å². The van der Waals surface area contributed by atoms with Gasteiger partial charge in [0.05, 0.1) is 11.3 Å². The van der Waals surface area contributed by atoms with E-state index in [9.17, 15) is 13.2 Å². The zero-order valence-electron chi connectivity index (χ0n) is 10.7. The fourth-order valence-electron chi connectivity index (χ4n) is 1.69. The Hall–Kier alpha value is -1.86. The maximum Gasteiger partial charge on any atom is 0.336 e. The molecule has 0 unspecified atom stereocenters. The van der Waals surface area contributed by atoms with Gasteiger partial charge in [-0.15, -0.1) is 11.3 Å². The van der Waals surface area contributed by atoms with E-state index in [1.54, 1.807) is 12.1 Å². The summed E-state index contributed by atoms with van der Waals surface area (Å²) in [5, 5.41) is 10.1. The Morgan fingerprint density at radius 3 is 2.65 bits per heavy atom. The molecule has 0 bridgehead atoms. The van der Waals surface area contributed by atoms with Crippen LogP contribution in [0.3, 0.4) is 0 Å². The molecule has 0 aliphatic heterocycles. The number of hydrogen-bond acceptors (Lipinski definition) is 4. The molecule has 2 N–H and O–H groups in total. The first-order chi connectivity index (χ1) is 9.44. The number of hydrogen-bond donors (Lipinski definition) is 2. The van der Waals surface area contributed by atoms with Crippen molar-refractivity contribution in [2.45, 2.75) is 17.6 Å². The molecule has 2 rings (SSSR count). The maximum atomic E-state index is 12.2. The number of aryl methyl sites for hydroxylation is 1. The summed E-state index contributed by atoms with van der Waals surface area (Å²) in [6, 6.07) is 8.26. The van der Waals surface area contributed by atoms with Crippen molar-refractivity contribution in [2.24, 2.45) is 0 Å². The fraction of sp³-hybridized carbons (Fsp3) is 0.154. The van der Waals surface area contributed by atoms with Gasteiger partial charge in [0.1, 0.15) is 4.21 Å². The van der Waals surface area contributed by atoms with Crippen LogP contribution in [0.4, 0.5) is 5.69 Å². The molecule has 0 fully saturated rings. The molecule has 20 heavy (non-hydrogen) atoms. The van der Waals surface area contributed by atoms with Gasteiger partial charge in [-0.05, 0) is 24.1 Å². The second-order valence-corrected chi connectivity index (χ2v) is 6.90. The van der Waals surface area contributed by atoms with Crippen LogP contribution < -0.4 is 4.72 Å². The van der Waals surface area contributed by atoms with Crippen molar-refractivity contribution in [3.8, 4) is 0 Å². The molecular formula is C13H13NO4S2. The number of sulfonamides is 1.